The summed E-state index contributed by atoms with van der Waals surface area (Å²) in [7, 11) is 1.60. The fourth-order valence-electron chi connectivity index (χ4n) is 4.76. The van der Waals surface area contributed by atoms with E-state index in [4.69, 9.17) is 9.47 Å². The van der Waals surface area contributed by atoms with E-state index in [9.17, 15) is 9.59 Å². The Kier molecular flexibility index (Phi) is 7.28. The molecule has 7 heteroatoms. The van der Waals surface area contributed by atoms with Crippen molar-refractivity contribution in [2.75, 3.05) is 33.4 Å². The summed E-state index contributed by atoms with van der Waals surface area (Å²) in [5.74, 6) is 1.86. The van der Waals surface area contributed by atoms with Crippen LogP contribution in [0.2, 0.25) is 0 Å². The second kappa shape index (κ2) is 10.7. The smallest absolute Gasteiger partial charge is 0.254 e. The molecule has 1 aliphatic heterocycles. The monoisotopic (exact) mass is 504 g/mol. The number of ether oxygens (including phenoxy) is 2. The van der Waals surface area contributed by atoms with E-state index in [-0.39, 0.29) is 24.4 Å². The Bertz CT molecular complexity index is 1220. The first kappa shape index (κ1) is 24.4. The van der Waals surface area contributed by atoms with Crippen LogP contribution in [0.1, 0.15) is 45.2 Å². The molecule has 1 saturated carbocycles. The van der Waals surface area contributed by atoms with Gasteiger partial charge in [0.15, 0.2) is 0 Å². The fourth-order valence-corrected chi connectivity index (χ4v) is 5.69. The molecule has 2 amide bonds. The average molecular weight is 505 g/mol. The molecule has 188 valence electrons. The zero-order valence-electron chi connectivity index (χ0n) is 20.8. The number of aryl methyl sites for hydroxylation is 1. The van der Waals surface area contributed by atoms with Crippen molar-refractivity contribution in [2.24, 2.45) is 5.92 Å². The van der Waals surface area contributed by atoms with Crippen LogP contribution in [-0.2, 0) is 11.2 Å². The quantitative estimate of drug-likeness (QED) is 0.406. The number of thiophene rings is 1. The second-order valence-corrected chi connectivity index (χ2v) is 10.6. The van der Waals surface area contributed by atoms with Crippen molar-refractivity contribution in [2.45, 2.75) is 32.2 Å². The van der Waals surface area contributed by atoms with Crippen molar-refractivity contribution < 1.29 is 19.1 Å². The summed E-state index contributed by atoms with van der Waals surface area (Å²) in [4.78, 5) is 32.1. The minimum absolute atomic E-state index is 0.0345. The SMILES string of the molecule is COc1ccc(C(=O)N(CC(=O)N2CCc3sccc3[C@H]2COc2ccccc2C)CC2CC2)cc1. The number of benzene rings is 2. The molecule has 0 spiro atoms. The summed E-state index contributed by atoms with van der Waals surface area (Å²) in [5, 5.41) is 2.09. The van der Waals surface area contributed by atoms with Crippen LogP contribution in [0, 0.1) is 12.8 Å². The summed E-state index contributed by atoms with van der Waals surface area (Å²) < 4.78 is 11.4. The number of nitrogens with zero attached hydrogens (tertiary/aromatic N) is 2. The van der Waals surface area contributed by atoms with Crippen LogP contribution in [0.15, 0.2) is 60.0 Å². The van der Waals surface area contributed by atoms with E-state index in [1.807, 2.05) is 36.1 Å². The van der Waals surface area contributed by atoms with Crippen molar-refractivity contribution in [1.82, 2.24) is 9.80 Å². The van der Waals surface area contributed by atoms with Crippen molar-refractivity contribution in [3.05, 3.63) is 81.5 Å². The summed E-state index contributed by atoms with van der Waals surface area (Å²) >= 11 is 1.74. The molecule has 0 saturated heterocycles. The number of carbonyl (C=O) groups excluding carboxylic acids is 2. The molecule has 6 nitrogen and oxygen atoms in total. The Morgan fingerprint density at radius 3 is 2.58 bits per heavy atom. The molecule has 2 heterocycles. The largest absolute Gasteiger partial charge is 0.497 e. The summed E-state index contributed by atoms with van der Waals surface area (Å²) in [6.07, 6.45) is 3.04. The summed E-state index contributed by atoms with van der Waals surface area (Å²) in [6.45, 7) is 3.72. The van der Waals surface area contributed by atoms with Gasteiger partial charge in [-0.15, -0.1) is 11.3 Å². The number of hydrogen-bond donors (Lipinski definition) is 0. The Morgan fingerprint density at radius 1 is 1.08 bits per heavy atom. The number of methoxy groups -OCH3 is 1. The Labute approximate surface area is 216 Å². The van der Waals surface area contributed by atoms with Gasteiger partial charge in [-0.2, -0.15) is 0 Å². The van der Waals surface area contributed by atoms with Gasteiger partial charge < -0.3 is 19.3 Å². The number of para-hydroxylation sites is 1. The fraction of sp³-hybridized carbons (Fsp3) is 0.379. The lowest BCUT2D eigenvalue weighted by molar-refractivity contribution is -0.135. The van der Waals surface area contributed by atoms with Gasteiger partial charge in [-0.25, -0.2) is 0 Å². The van der Waals surface area contributed by atoms with E-state index < -0.39 is 0 Å². The van der Waals surface area contributed by atoms with Gasteiger partial charge >= 0.3 is 0 Å². The zero-order chi connectivity index (χ0) is 25.1. The molecule has 2 aliphatic rings. The molecule has 36 heavy (non-hydrogen) atoms. The molecule has 1 aromatic heterocycles. The third kappa shape index (κ3) is 5.41. The van der Waals surface area contributed by atoms with Crippen LogP contribution in [0.3, 0.4) is 0 Å². The van der Waals surface area contributed by atoms with Gasteiger partial charge in [0.25, 0.3) is 5.91 Å². The predicted octanol–water partition coefficient (Wildman–Crippen LogP) is 5.12. The minimum Gasteiger partial charge on any atom is -0.497 e. The van der Waals surface area contributed by atoms with Gasteiger partial charge in [0, 0.05) is 23.5 Å². The Hall–Kier alpha value is -3.32. The maximum atomic E-state index is 13.7. The van der Waals surface area contributed by atoms with Crippen LogP contribution in [-0.4, -0.2) is 55.0 Å². The molecule has 1 fully saturated rings. The van der Waals surface area contributed by atoms with Crippen LogP contribution in [0.4, 0.5) is 0 Å². The van der Waals surface area contributed by atoms with Gasteiger partial charge in [0.2, 0.25) is 5.91 Å². The Balaban J connectivity index is 1.34. The molecule has 0 N–H and O–H groups in total. The normalized spacial score (nSPS) is 16.8. The van der Waals surface area contributed by atoms with Crippen molar-refractivity contribution in [3.8, 4) is 11.5 Å². The maximum Gasteiger partial charge on any atom is 0.254 e. The average Bonchev–Trinajstić information content (AvgIpc) is 3.59. The predicted molar refractivity (Wildman–Crippen MR) is 141 cm³/mol. The summed E-state index contributed by atoms with van der Waals surface area (Å²) in [6, 6.07) is 17.0. The number of rotatable bonds is 9. The van der Waals surface area contributed by atoms with Gasteiger partial charge in [0.1, 0.15) is 24.7 Å². The molecule has 1 atom stereocenters. The molecule has 5 rings (SSSR count). The summed E-state index contributed by atoms with van der Waals surface area (Å²) in [5.41, 5.74) is 2.79. The van der Waals surface area contributed by atoms with Crippen LogP contribution in [0.5, 0.6) is 11.5 Å². The van der Waals surface area contributed by atoms with E-state index >= 15 is 0 Å². The highest BCUT2D eigenvalue weighted by molar-refractivity contribution is 7.10. The van der Waals surface area contributed by atoms with Gasteiger partial charge in [0.05, 0.1) is 13.2 Å². The molecule has 1 aliphatic carbocycles. The lowest BCUT2D eigenvalue weighted by Gasteiger charge is -2.37. The molecule has 0 radical (unpaired) electrons. The Morgan fingerprint density at radius 2 is 1.86 bits per heavy atom. The van der Waals surface area contributed by atoms with Crippen molar-refractivity contribution in [3.63, 3.8) is 0 Å². The molecule has 0 bridgehead atoms. The number of amides is 2. The van der Waals surface area contributed by atoms with Crippen LogP contribution >= 0.6 is 11.3 Å². The van der Waals surface area contributed by atoms with Crippen molar-refractivity contribution in [1.29, 1.82) is 0 Å². The highest BCUT2D eigenvalue weighted by Gasteiger charge is 2.35. The van der Waals surface area contributed by atoms with E-state index in [1.54, 1.807) is 47.6 Å². The first-order valence-electron chi connectivity index (χ1n) is 12.5. The van der Waals surface area contributed by atoms with E-state index in [1.165, 1.54) is 4.88 Å². The van der Waals surface area contributed by atoms with Gasteiger partial charge in [-0.1, -0.05) is 18.2 Å². The third-order valence-electron chi connectivity index (χ3n) is 7.03. The molecule has 3 aromatic rings. The highest BCUT2D eigenvalue weighted by atomic mass is 32.1. The first-order valence-corrected chi connectivity index (χ1v) is 13.4. The van der Waals surface area contributed by atoms with Gasteiger partial charge in [-0.05, 0) is 85.0 Å². The van der Waals surface area contributed by atoms with E-state index in [0.29, 0.717) is 36.9 Å². The third-order valence-corrected chi connectivity index (χ3v) is 8.03. The number of hydrogen-bond acceptors (Lipinski definition) is 5. The molecule has 0 unspecified atom stereocenters. The second-order valence-electron chi connectivity index (χ2n) is 9.59. The molecular formula is C29H32N2O4S. The standard InChI is InChI=1S/C29H32N2O4S/c1-20-5-3-4-6-26(20)35-19-25-24-14-16-36-27(24)13-15-31(25)28(32)18-30(17-21-7-8-21)29(33)22-9-11-23(34-2)12-10-22/h3-6,9-12,14,16,21,25H,7-8,13,15,17-19H2,1-2H3/t25-/m1/s1. The molecule has 2 aromatic carbocycles. The van der Waals surface area contributed by atoms with Gasteiger partial charge in [-0.3, -0.25) is 9.59 Å². The topological polar surface area (TPSA) is 59.1 Å². The zero-order valence-corrected chi connectivity index (χ0v) is 21.6. The van der Waals surface area contributed by atoms with E-state index in [0.717, 1.165) is 36.1 Å². The van der Waals surface area contributed by atoms with Crippen molar-refractivity contribution >= 4 is 23.2 Å². The minimum atomic E-state index is -0.175. The maximum absolute atomic E-state index is 13.7. The highest BCUT2D eigenvalue weighted by Crippen LogP contribution is 2.35. The first-order chi connectivity index (χ1) is 17.5. The lowest BCUT2D eigenvalue weighted by Crippen LogP contribution is -2.48. The van der Waals surface area contributed by atoms with Crippen LogP contribution < -0.4 is 9.47 Å². The molecular weight excluding hydrogens is 472 g/mol. The van der Waals surface area contributed by atoms with Crippen LogP contribution in [0.25, 0.3) is 0 Å². The number of carbonyl (C=O) groups is 2. The number of fused-ring (bicyclic) bond motifs is 1. The van der Waals surface area contributed by atoms with E-state index in [2.05, 4.69) is 11.4 Å². The lowest BCUT2D eigenvalue weighted by atomic mass is 10.00.